The molecular weight excluding hydrogens is 450 g/mol. The highest BCUT2D eigenvalue weighted by Gasteiger charge is 2.48. The molecule has 1 saturated heterocycles. The number of piperazine rings is 1. The van der Waals surface area contributed by atoms with E-state index >= 15 is 0 Å². The van der Waals surface area contributed by atoms with Crippen LogP contribution in [0.5, 0.6) is 0 Å². The Labute approximate surface area is 192 Å². The molecule has 1 amide bonds. The summed E-state index contributed by atoms with van der Waals surface area (Å²) in [5, 5.41) is 6.32. The van der Waals surface area contributed by atoms with Crippen LogP contribution in [0.2, 0.25) is 0 Å². The zero-order valence-electron chi connectivity index (χ0n) is 16.9. The van der Waals surface area contributed by atoms with Crippen LogP contribution < -0.4 is 10.6 Å². The summed E-state index contributed by atoms with van der Waals surface area (Å²) in [6, 6.07) is 13.1. The molecule has 0 bridgehead atoms. The van der Waals surface area contributed by atoms with E-state index in [-0.39, 0.29) is 37.3 Å². The first-order valence-electron chi connectivity index (χ1n) is 9.85. The number of benzene rings is 2. The minimum Gasteiger partial charge on any atom is -0.350 e. The van der Waals surface area contributed by atoms with Crippen molar-refractivity contribution in [2.24, 2.45) is 0 Å². The lowest BCUT2D eigenvalue weighted by atomic mass is 9.91. The highest BCUT2D eigenvalue weighted by Crippen LogP contribution is 2.35. The van der Waals surface area contributed by atoms with Crippen molar-refractivity contribution in [3.05, 3.63) is 70.8 Å². The van der Waals surface area contributed by atoms with Crippen molar-refractivity contribution in [2.75, 3.05) is 26.2 Å². The molecular formula is C22H26Cl2F3N3O. The van der Waals surface area contributed by atoms with Crippen molar-refractivity contribution in [1.29, 1.82) is 0 Å². The molecule has 31 heavy (non-hydrogen) atoms. The van der Waals surface area contributed by atoms with E-state index in [4.69, 9.17) is 0 Å². The zero-order valence-corrected chi connectivity index (χ0v) is 18.5. The van der Waals surface area contributed by atoms with Crippen molar-refractivity contribution in [1.82, 2.24) is 15.5 Å². The number of hydrogen-bond donors (Lipinski definition) is 2. The van der Waals surface area contributed by atoms with Crippen LogP contribution in [0.15, 0.2) is 48.5 Å². The second-order valence-electron chi connectivity index (χ2n) is 7.77. The van der Waals surface area contributed by atoms with Crippen molar-refractivity contribution in [2.45, 2.75) is 31.1 Å². The molecule has 2 aromatic carbocycles. The fourth-order valence-electron chi connectivity index (χ4n) is 4.37. The van der Waals surface area contributed by atoms with Gasteiger partial charge in [-0.15, -0.1) is 24.8 Å². The van der Waals surface area contributed by atoms with Crippen LogP contribution in [-0.2, 0) is 30.4 Å². The molecule has 170 valence electrons. The first-order valence-corrected chi connectivity index (χ1v) is 9.85. The van der Waals surface area contributed by atoms with Gasteiger partial charge in [0.1, 0.15) is 5.54 Å². The Bertz CT molecular complexity index is 859. The lowest BCUT2D eigenvalue weighted by Crippen LogP contribution is -2.63. The number of nitrogens with one attached hydrogen (secondary N) is 2. The molecule has 0 unspecified atom stereocenters. The summed E-state index contributed by atoms with van der Waals surface area (Å²) in [7, 11) is 0. The van der Waals surface area contributed by atoms with Gasteiger partial charge in [0.15, 0.2) is 0 Å². The van der Waals surface area contributed by atoms with Gasteiger partial charge < -0.3 is 10.6 Å². The largest absolute Gasteiger partial charge is 0.416 e. The van der Waals surface area contributed by atoms with Gasteiger partial charge in [0, 0.05) is 45.6 Å². The third kappa shape index (κ3) is 5.34. The number of hydrogen-bond acceptors (Lipinski definition) is 3. The average Bonchev–Trinajstić information content (AvgIpc) is 3.13. The summed E-state index contributed by atoms with van der Waals surface area (Å²) in [5.41, 5.74) is 1.71. The highest BCUT2D eigenvalue weighted by atomic mass is 35.5. The van der Waals surface area contributed by atoms with Gasteiger partial charge in [-0.3, -0.25) is 9.69 Å². The molecule has 4 nitrogen and oxygen atoms in total. The second-order valence-corrected chi connectivity index (χ2v) is 7.77. The van der Waals surface area contributed by atoms with Crippen LogP contribution >= 0.6 is 24.8 Å². The van der Waals surface area contributed by atoms with Crippen molar-refractivity contribution >= 4 is 30.7 Å². The number of nitrogens with zero attached hydrogens (tertiary/aromatic N) is 1. The Hall–Kier alpha value is -1.80. The molecule has 1 aliphatic carbocycles. The van der Waals surface area contributed by atoms with E-state index < -0.39 is 17.3 Å². The Morgan fingerprint density at radius 2 is 1.52 bits per heavy atom. The first kappa shape index (κ1) is 25.5. The number of alkyl halides is 3. The number of rotatable bonds is 4. The maximum atomic E-state index is 13.4. The Morgan fingerprint density at radius 3 is 2.03 bits per heavy atom. The van der Waals surface area contributed by atoms with Gasteiger partial charge in [-0.25, -0.2) is 0 Å². The maximum Gasteiger partial charge on any atom is 0.416 e. The maximum absolute atomic E-state index is 13.4. The molecule has 0 aromatic heterocycles. The van der Waals surface area contributed by atoms with E-state index in [1.807, 2.05) is 12.1 Å². The van der Waals surface area contributed by atoms with E-state index in [1.165, 1.54) is 23.3 Å². The summed E-state index contributed by atoms with van der Waals surface area (Å²) in [6.07, 6.45) is -3.05. The predicted molar refractivity (Wildman–Crippen MR) is 119 cm³/mol. The lowest BCUT2D eigenvalue weighted by molar-refractivity contribution is -0.137. The minimum atomic E-state index is -4.36. The van der Waals surface area contributed by atoms with Crippen LogP contribution in [-0.4, -0.2) is 42.5 Å². The van der Waals surface area contributed by atoms with Gasteiger partial charge in [0.2, 0.25) is 5.91 Å². The third-order valence-corrected chi connectivity index (χ3v) is 5.96. The predicted octanol–water partition coefficient (Wildman–Crippen LogP) is 3.61. The van der Waals surface area contributed by atoms with E-state index in [2.05, 4.69) is 27.7 Å². The van der Waals surface area contributed by atoms with E-state index in [1.54, 1.807) is 0 Å². The number of halogens is 5. The Kier molecular flexibility index (Phi) is 8.39. The van der Waals surface area contributed by atoms with Crippen molar-refractivity contribution in [3.8, 4) is 0 Å². The lowest BCUT2D eigenvalue weighted by Gasteiger charge is -2.42. The van der Waals surface area contributed by atoms with E-state index in [9.17, 15) is 18.0 Å². The number of carbonyl (C=O) groups excluding carboxylic acids is 1. The van der Waals surface area contributed by atoms with Gasteiger partial charge >= 0.3 is 6.18 Å². The molecule has 0 saturated carbocycles. The molecule has 1 fully saturated rings. The van der Waals surface area contributed by atoms with Gasteiger partial charge in [-0.1, -0.05) is 36.4 Å². The number of carbonyl (C=O) groups is 1. The molecule has 4 rings (SSSR count). The minimum absolute atomic E-state index is 0. The topological polar surface area (TPSA) is 44.4 Å². The summed E-state index contributed by atoms with van der Waals surface area (Å²) in [5.74, 6) is -0.0597. The van der Waals surface area contributed by atoms with Crippen molar-refractivity contribution < 1.29 is 18.0 Å². The molecule has 2 N–H and O–H groups in total. The number of amides is 1. The average molecular weight is 476 g/mol. The molecule has 0 radical (unpaired) electrons. The fraction of sp³-hybridized carbons (Fsp3) is 0.409. The molecule has 0 atom stereocenters. The van der Waals surface area contributed by atoms with Crippen LogP contribution in [0.3, 0.4) is 0 Å². The van der Waals surface area contributed by atoms with Gasteiger partial charge in [-0.2, -0.15) is 13.2 Å². The summed E-state index contributed by atoms with van der Waals surface area (Å²) < 4.78 is 38.2. The molecule has 0 spiro atoms. The molecule has 1 aliphatic heterocycles. The first-order chi connectivity index (χ1) is 13.9. The van der Waals surface area contributed by atoms with Crippen LogP contribution in [0.1, 0.15) is 22.3 Å². The van der Waals surface area contributed by atoms with Gasteiger partial charge in [-0.05, 0) is 28.8 Å². The van der Waals surface area contributed by atoms with Gasteiger partial charge in [0.25, 0.3) is 0 Å². The molecule has 1 heterocycles. The third-order valence-electron chi connectivity index (χ3n) is 5.96. The molecule has 9 heteroatoms. The number of fused-ring (bicyclic) bond motifs is 1. The monoisotopic (exact) mass is 475 g/mol. The van der Waals surface area contributed by atoms with Crippen LogP contribution in [0.25, 0.3) is 0 Å². The van der Waals surface area contributed by atoms with Crippen LogP contribution in [0.4, 0.5) is 13.2 Å². The normalized spacial score (nSPS) is 17.8. The summed E-state index contributed by atoms with van der Waals surface area (Å²) in [4.78, 5) is 15.6. The summed E-state index contributed by atoms with van der Waals surface area (Å²) >= 11 is 0. The van der Waals surface area contributed by atoms with Crippen LogP contribution in [0, 0.1) is 0 Å². The summed E-state index contributed by atoms with van der Waals surface area (Å²) in [6.45, 7) is 3.47. The van der Waals surface area contributed by atoms with E-state index in [0.29, 0.717) is 18.4 Å². The zero-order chi connectivity index (χ0) is 20.5. The standard InChI is InChI=1S/C22H24F3N3O.2ClH/c23-22(24,25)19-7-5-16(6-8-19)15-27-20(29)21(28-11-9-26-10-12-28)13-17-3-1-2-4-18(17)14-21;;/h1-8,26H,9-15H2,(H,27,29);2*1H. The SMILES string of the molecule is Cl.Cl.O=C(NCc1ccc(C(F)(F)F)cc1)C1(N2CCNCC2)Cc2ccccc2C1. The quantitative estimate of drug-likeness (QED) is 0.709. The van der Waals surface area contributed by atoms with Crippen molar-refractivity contribution in [3.63, 3.8) is 0 Å². The molecule has 2 aliphatic rings. The Morgan fingerprint density at radius 1 is 0.968 bits per heavy atom. The smallest absolute Gasteiger partial charge is 0.350 e. The van der Waals surface area contributed by atoms with Gasteiger partial charge in [0.05, 0.1) is 5.56 Å². The fourth-order valence-corrected chi connectivity index (χ4v) is 4.37. The van der Waals surface area contributed by atoms with E-state index in [0.717, 1.165) is 38.3 Å². The second kappa shape index (κ2) is 10.2. The highest BCUT2D eigenvalue weighted by molar-refractivity contribution is 5.88. The Balaban J connectivity index is 0.00000171. The molecule has 2 aromatic rings.